The summed E-state index contributed by atoms with van der Waals surface area (Å²) in [6.45, 7) is 4.79. The van der Waals surface area contributed by atoms with Crippen LogP contribution in [-0.4, -0.2) is 25.0 Å². The van der Waals surface area contributed by atoms with Gasteiger partial charge in [0.25, 0.3) is 0 Å². The summed E-state index contributed by atoms with van der Waals surface area (Å²) in [4.78, 5) is 14.8. The third kappa shape index (κ3) is 4.24. The van der Waals surface area contributed by atoms with E-state index in [1.165, 1.54) is 24.3 Å². The molecule has 0 aromatic heterocycles. The van der Waals surface area contributed by atoms with E-state index in [0.717, 1.165) is 6.21 Å². The molecule has 102 valence electrons. The number of esters is 1. The minimum atomic E-state index is -4.55. The molecule has 0 aliphatic rings. The van der Waals surface area contributed by atoms with Crippen molar-refractivity contribution >= 4 is 23.4 Å². The number of hydrogen-bond acceptors (Lipinski definition) is 3. The molecule has 6 heteroatoms. The molecule has 0 aliphatic carbocycles. The van der Waals surface area contributed by atoms with E-state index in [2.05, 4.69) is 16.3 Å². The molecule has 0 amide bonds. The summed E-state index contributed by atoms with van der Waals surface area (Å²) in [5, 5.41) is 0. The Kier molecular flexibility index (Phi) is 4.86. The Hall–Kier alpha value is -2.11. The molecule has 19 heavy (non-hydrogen) atoms. The number of allylic oxidation sites excluding steroid dienone is 1. The molecule has 0 heterocycles. The van der Waals surface area contributed by atoms with Crippen LogP contribution in [0.3, 0.4) is 0 Å². The van der Waals surface area contributed by atoms with E-state index in [4.69, 9.17) is 0 Å². The molecule has 1 aromatic rings. The largest absolute Gasteiger partial charge is 0.462 e. The van der Waals surface area contributed by atoms with Crippen LogP contribution >= 0.6 is 0 Å². The Morgan fingerprint density at radius 1 is 1.42 bits per heavy atom. The molecule has 0 radical (unpaired) electrons. The highest BCUT2D eigenvalue weighted by molar-refractivity contribution is 6.23. The van der Waals surface area contributed by atoms with Gasteiger partial charge < -0.3 is 4.74 Å². The number of carbonyl (C=O) groups is 1. The van der Waals surface area contributed by atoms with Gasteiger partial charge in [-0.3, -0.25) is 0 Å². The number of halogens is 3. The molecular weight excluding hydrogens is 259 g/mol. The molecule has 0 unspecified atom stereocenters. The fourth-order valence-corrected chi connectivity index (χ4v) is 1.30. The van der Waals surface area contributed by atoms with Crippen molar-refractivity contribution < 1.29 is 22.7 Å². The summed E-state index contributed by atoms with van der Waals surface area (Å²) in [6, 6.07) is 5.57. The van der Waals surface area contributed by atoms with E-state index >= 15 is 0 Å². The Balaban J connectivity index is 3.04. The van der Waals surface area contributed by atoms with Crippen molar-refractivity contribution in [3.8, 4) is 0 Å². The number of hydrogen-bond donors (Lipinski definition) is 0. The van der Waals surface area contributed by atoms with Gasteiger partial charge in [-0.1, -0.05) is 24.8 Å². The summed E-state index contributed by atoms with van der Waals surface area (Å²) in [5.74, 6) is -0.713. The monoisotopic (exact) mass is 271 g/mol. The van der Waals surface area contributed by atoms with Gasteiger partial charge in [-0.05, 0) is 13.0 Å². The van der Waals surface area contributed by atoms with Crippen LogP contribution in [0.5, 0.6) is 0 Å². The van der Waals surface area contributed by atoms with Gasteiger partial charge >= 0.3 is 12.1 Å². The number of nitrogens with zero attached hydrogens (tertiary/aromatic N) is 1. The predicted molar refractivity (Wildman–Crippen MR) is 66.3 cm³/mol. The Morgan fingerprint density at radius 3 is 2.63 bits per heavy atom. The maximum absolute atomic E-state index is 12.6. The van der Waals surface area contributed by atoms with Gasteiger partial charge in [-0.2, -0.15) is 13.2 Å². The fourth-order valence-electron chi connectivity index (χ4n) is 1.30. The second-order valence-corrected chi connectivity index (χ2v) is 3.50. The van der Waals surface area contributed by atoms with Crippen molar-refractivity contribution in [3.05, 3.63) is 36.4 Å². The Labute approximate surface area is 108 Å². The molecule has 0 N–H and O–H groups in total. The van der Waals surface area contributed by atoms with Crippen LogP contribution in [0.4, 0.5) is 18.9 Å². The van der Waals surface area contributed by atoms with Crippen LogP contribution in [0.15, 0.2) is 35.8 Å². The number of benzene rings is 1. The maximum atomic E-state index is 12.6. The van der Waals surface area contributed by atoms with Crippen LogP contribution in [0.1, 0.15) is 12.5 Å². The van der Waals surface area contributed by atoms with Crippen molar-refractivity contribution in [2.75, 3.05) is 6.61 Å². The molecule has 0 aliphatic heterocycles. The summed E-state index contributed by atoms with van der Waals surface area (Å²) in [7, 11) is 0. The zero-order valence-electron chi connectivity index (χ0n) is 10.2. The lowest BCUT2D eigenvalue weighted by molar-refractivity contribution is -0.134. The first-order valence-electron chi connectivity index (χ1n) is 5.42. The standard InChI is InChI=1S/C13H12F3NO2/c1-3-19-12(18)8-17-11-7-5-4-6-10(11)9(2)13(14,15)16/h4-8H,2-3H2,1H3. The van der Waals surface area contributed by atoms with Gasteiger partial charge in [0.2, 0.25) is 0 Å². The number of carbonyl (C=O) groups excluding carboxylic acids is 1. The normalized spacial score (nSPS) is 11.6. The zero-order chi connectivity index (χ0) is 14.5. The first-order chi connectivity index (χ1) is 8.86. The first kappa shape index (κ1) is 14.9. The molecule has 0 spiro atoms. The number of aliphatic imine (C=N–C) groups is 1. The quantitative estimate of drug-likeness (QED) is 0.620. The van der Waals surface area contributed by atoms with E-state index in [-0.39, 0.29) is 17.9 Å². The van der Waals surface area contributed by atoms with Crippen LogP contribution in [0, 0.1) is 0 Å². The number of ether oxygens (including phenoxy) is 1. The van der Waals surface area contributed by atoms with Crippen LogP contribution < -0.4 is 0 Å². The van der Waals surface area contributed by atoms with E-state index < -0.39 is 17.7 Å². The van der Waals surface area contributed by atoms with Crippen molar-refractivity contribution in [1.29, 1.82) is 0 Å². The van der Waals surface area contributed by atoms with Crippen molar-refractivity contribution in [2.45, 2.75) is 13.1 Å². The van der Waals surface area contributed by atoms with Gasteiger partial charge in [-0.25, -0.2) is 9.79 Å². The van der Waals surface area contributed by atoms with Crippen molar-refractivity contribution in [1.82, 2.24) is 0 Å². The van der Waals surface area contributed by atoms with E-state index in [0.29, 0.717) is 0 Å². The second-order valence-electron chi connectivity index (χ2n) is 3.50. The van der Waals surface area contributed by atoms with Gasteiger partial charge in [0.15, 0.2) is 0 Å². The molecule has 0 saturated carbocycles. The summed E-state index contributed by atoms with van der Waals surface area (Å²) in [5.41, 5.74) is -1.17. The topological polar surface area (TPSA) is 38.7 Å². The molecular formula is C13H12F3NO2. The van der Waals surface area contributed by atoms with Crippen molar-refractivity contribution in [3.63, 3.8) is 0 Å². The highest BCUT2D eigenvalue weighted by Gasteiger charge is 2.33. The first-order valence-corrected chi connectivity index (χ1v) is 5.42. The average Bonchev–Trinajstić information content (AvgIpc) is 2.35. The summed E-state index contributed by atoms with van der Waals surface area (Å²) in [6.07, 6.45) is -3.71. The fraction of sp³-hybridized carbons (Fsp3) is 0.231. The lowest BCUT2D eigenvalue weighted by Crippen LogP contribution is -2.09. The minimum Gasteiger partial charge on any atom is -0.462 e. The molecule has 1 aromatic carbocycles. The third-order valence-electron chi connectivity index (χ3n) is 2.17. The van der Waals surface area contributed by atoms with Gasteiger partial charge in [0.1, 0.15) is 6.21 Å². The van der Waals surface area contributed by atoms with Gasteiger partial charge in [0, 0.05) is 5.56 Å². The number of alkyl halides is 3. The summed E-state index contributed by atoms with van der Waals surface area (Å²) >= 11 is 0. The van der Waals surface area contributed by atoms with Crippen LogP contribution in [0.25, 0.3) is 5.57 Å². The Bertz CT molecular complexity index is 507. The predicted octanol–water partition coefficient (Wildman–Crippen LogP) is 3.53. The lowest BCUT2D eigenvalue weighted by Gasteiger charge is -2.11. The average molecular weight is 271 g/mol. The Morgan fingerprint density at radius 2 is 2.05 bits per heavy atom. The smallest absolute Gasteiger partial charge is 0.416 e. The third-order valence-corrected chi connectivity index (χ3v) is 2.17. The number of para-hydroxylation sites is 1. The molecule has 0 atom stereocenters. The number of rotatable bonds is 4. The minimum absolute atomic E-state index is 0.0119. The lowest BCUT2D eigenvalue weighted by atomic mass is 10.1. The van der Waals surface area contributed by atoms with Crippen LogP contribution in [0.2, 0.25) is 0 Å². The highest BCUT2D eigenvalue weighted by atomic mass is 19.4. The maximum Gasteiger partial charge on any atom is 0.416 e. The van der Waals surface area contributed by atoms with E-state index in [1.807, 2.05) is 0 Å². The van der Waals surface area contributed by atoms with E-state index in [9.17, 15) is 18.0 Å². The second kappa shape index (κ2) is 6.17. The molecule has 3 nitrogen and oxygen atoms in total. The van der Waals surface area contributed by atoms with Gasteiger partial charge in [0.05, 0.1) is 17.9 Å². The molecule has 0 saturated heterocycles. The SMILES string of the molecule is C=C(c1ccccc1N=CC(=O)OCC)C(F)(F)F. The van der Waals surface area contributed by atoms with Crippen molar-refractivity contribution in [2.24, 2.45) is 4.99 Å². The summed E-state index contributed by atoms with van der Waals surface area (Å²) < 4.78 is 42.4. The molecule has 1 rings (SSSR count). The van der Waals surface area contributed by atoms with E-state index in [1.54, 1.807) is 6.92 Å². The zero-order valence-corrected chi connectivity index (χ0v) is 10.2. The highest BCUT2D eigenvalue weighted by Crippen LogP contribution is 2.36. The molecule has 0 fully saturated rings. The molecule has 0 bridgehead atoms. The van der Waals surface area contributed by atoms with Gasteiger partial charge in [-0.15, -0.1) is 0 Å². The van der Waals surface area contributed by atoms with Crippen LogP contribution in [-0.2, 0) is 9.53 Å².